The van der Waals surface area contributed by atoms with Gasteiger partial charge in [0.15, 0.2) is 7.37 Å². The summed E-state index contributed by atoms with van der Waals surface area (Å²) in [6, 6.07) is 5.74. The highest BCUT2D eigenvalue weighted by Crippen LogP contribution is 2.36. The van der Waals surface area contributed by atoms with Crippen molar-refractivity contribution in [2.45, 2.75) is 69.5 Å². The monoisotopic (exact) mass is 940 g/mol. The molecule has 0 bridgehead atoms. The number of nitrogens with zero attached hydrogens (tertiary/aromatic N) is 5. The molecule has 0 aliphatic rings. The van der Waals surface area contributed by atoms with Crippen LogP contribution in [0.1, 0.15) is 50.9 Å². The number of carbonyl (C=O) groups is 2. The van der Waals surface area contributed by atoms with Crippen LogP contribution in [0.2, 0.25) is 10.0 Å². The number of rotatable bonds is 13. The number of nitrogens with one attached hydrogen (secondary N) is 2. The van der Waals surface area contributed by atoms with Crippen molar-refractivity contribution in [3.05, 3.63) is 74.3 Å². The molecule has 2 unspecified atom stereocenters. The molecular formula is C35H42Cl2F3N8O11PS. The molecule has 334 valence electrons. The molecule has 0 saturated heterocycles. The van der Waals surface area contributed by atoms with Crippen LogP contribution in [0.25, 0.3) is 5.69 Å². The highest BCUT2D eigenvalue weighted by molar-refractivity contribution is 7.90. The number of aliphatic carboxylic acids is 1. The smallest absolute Gasteiger partial charge is 0.442 e. The second-order valence-electron chi connectivity index (χ2n) is 13.5. The van der Waals surface area contributed by atoms with Crippen LogP contribution < -0.4 is 31.0 Å². The molecule has 2 atom stereocenters. The molecule has 0 aliphatic heterocycles. The van der Waals surface area contributed by atoms with Crippen molar-refractivity contribution in [3.8, 4) is 29.8 Å². The Morgan fingerprint density at radius 3 is 2.31 bits per heavy atom. The molecule has 4 aromatic rings. The summed E-state index contributed by atoms with van der Waals surface area (Å²) in [5, 5.41) is 15.1. The standard InChI is InChI=1S/C15H14Cl2N2O3.C15H16F3N5O4S.C5H12NO4P/c1-5-6-21-12-8-11(9(16)7-10(12)17)19-14(20)22-13(18-19)15(2,3)4;1-9-19-12(22-14(20-9)27-2)21-13(24)23-28(25,26)11-6-4-3-5-10(11)7-8-15(16,17)18;1-11(9,10)3-2-4(6)5(7)8/h1,7-8H,6H2,2-4H3;3-6H,7-8H2,1-2H3,(H2,19,20,21,22,23,24);4H,2-3,6H2,1H3,(H,7,8)(H,9,10). The molecule has 0 saturated carbocycles. The first-order valence-electron chi connectivity index (χ1n) is 17.3. The lowest BCUT2D eigenvalue weighted by molar-refractivity contribution is -0.138. The van der Waals surface area contributed by atoms with Gasteiger partial charge in [-0.15, -0.1) is 11.5 Å². The molecule has 61 heavy (non-hydrogen) atoms. The van der Waals surface area contributed by atoms with E-state index >= 15 is 0 Å². The van der Waals surface area contributed by atoms with E-state index in [4.69, 9.17) is 59.2 Å². The van der Waals surface area contributed by atoms with Gasteiger partial charge in [-0.05, 0) is 37.5 Å². The third-order valence-corrected chi connectivity index (χ3v) is 10.3. The summed E-state index contributed by atoms with van der Waals surface area (Å²) in [6.07, 6.45) is -1.04. The number of hydrogen-bond donors (Lipinski definition) is 5. The van der Waals surface area contributed by atoms with Crippen molar-refractivity contribution in [3.63, 3.8) is 0 Å². The molecule has 19 nitrogen and oxygen atoms in total. The Hall–Kier alpha value is -5.24. The van der Waals surface area contributed by atoms with Crippen LogP contribution in [0.3, 0.4) is 0 Å². The van der Waals surface area contributed by atoms with Gasteiger partial charge in [0.1, 0.15) is 24.2 Å². The molecule has 26 heteroatoms. The molecule has 2 amide bonds. The molecule has 2 aromatic carbocycles. The van der Waals surface area contributed by atoms with Gasteiger partial charge in [0, 0.05) is 30.7 Å². The second kappa shape index (κ2) is 22.0. The van der Waals surface area contributed by atoms with Crippen molar-refractivity contribution in [1.29, 1.82) is 0 Å². The van der Waals surface area contributed by atoms with Crippen LogP contribution in [0.15, 0.2) is 50.5 Å². The number of carboxylic acid groups (broad SMARTS) is 1. The first kappa shape index (κ1) is 51.9. The molecule has 0 fully saturated rings. The largest absolute Gasteiger partial charge is 0.480 e. The van der Waals surface area contributed by atoms with E-state index in [0.717, 1.165) is 10.7 Å². The number of benzene rings is 2. The summed E-state index contributed by atoms with van der Waals surface area (Å²) in [7, 11) is -6.25. The van der Waals surface area contributed by atoms with E-state index in [2.05, 4.69) is 31.3 Å². The van der Waals surface area contributed by atoms with Gasteiger partial charge in [-0.3, -0.25) is 14.7 Å². The number of sulfonamides is 1. The van der Waals surface area contributed by atoms with E-state index in [0.29, 0.717) is 17.3 Å². The number of alkyl halides is 3. The van der Waals surface area contributed by atoms with Crippen molar-refractivity contribution in [2.24, 2.45) is 5.73 Å². The fourth-order valence-electron chi connectivity index (χ4n) is 4.30. The second-order valence-corrected chi connectivity index (χ2v) is 18.6. The zero-order chi connectivity index (χ0) is 46.5. The number of terminal acetylenes is 1. The van der Waals surface area contributed by atoms with Crippen molar-refractivity contribution in [1.82, 2.24) is 29.5 Å². The Balaban J connectivity index is 0.000000345. The maximum absolute atomic E-state index is 12.5. The van der Waals surface area contributed by atoms with Crippen LogP contribution in [-0.2, 0) is 31.2 Å². The number of ether oxygens (including phenoxy) is 2. The summed E-state index contributed by atoms with van der Waals surface area (Å²) < 4.78 is 91.0. The number of carboxylic acids is 1. The summed E-state index contributed by atoms with van der Waals surface area (Å²) in [4.78, 5) is 53.8. The van der Waals surface area contributed by atoms with Gasteiger partial charge >= 0.3 is 29.9 Å². The van der Waals surface area contributed by atoms with Gasteiger partial charge in [0.25, 0.3) is 10.0 Å². The lowest BCUT2D eigenvalue weighted by atomic mass is 9.97. The highest BCUT2D eigenvalue weighted by atomic mass is 35.5. The number of nitrogens with two attached hydrogens (primary N) is 1. The summed E-state index contributed by atoms with van der Waals surface area (Å²) in [5.41, 5.74) is 4.92. The number of hydrogen-bond acceptors (Lipinski definition) is 14. The number of anilines is 1. The van der Waals surface area contributed by atoms with E-state index in [9.17, 15) is 40.5 Å². The van der Waals surface area contributed by atoms with Crippen LogP contribution in [0.4, 0.5) is 23.9 Å². The van der Waals surface area contributed by atoms with E-state index < -0.39 is 70.5 Å². The van der Waals surface area contributed by atoms with Crippen LogP contribution in [-0.4, -0.2) is 93.9 Å². The maximum atomic E-state index is 12.5. The van der Waals surface area contributed by atoms with Crippen LogP contribution in [0, 0.1) is 19.3 Å². The maximum Gasteiger partial charge on any atom is 0.442 e. The predicted octanol–water partition coefficient (Wildman–Crippen LogP) is 5.32. The minimum atomic E-state index is -4.45. The van der Waals surface area contributed by atoms with Gasteiger partial charge < -0.3 is 29.6 Å². The van der Waals surface area contributed by atoms with Gasteiger partial charge in [-0.2, -0.15) is 32.8 Å². The number of halogens is 5. The minimum Gasteiger partial charge on any atom is -0.480 e. The van der Waals surface area contributed by atoms with E-state index in [1.54, 1.807) is 4.72 Å². The average Bonchev–Trinajstić information content (AvgIpc) is 3.54. The predicted molar refractivity (Wildman–Crippen MR) is 217 cm³/mol. The zero-order valence-electron chi connectivity index (χ0n) is 33.3. The number of carbonyl (C=O) groups excluding carboxylic acids is 1. The van der Waals surface area contributed by atoms with Crippen LogP contribution >= 0.6 is 30.6 Å². The Morgan fingerprint density at radius 1 is 1.13 bits per heavy atom. The first-order valence-corrected chi connectivity index (χ1v) is 21.8. The highest BCUT2D eigenvalue weighted by Gasteiger charge is 2.29. The molecule has 0 aliphatic carbocycles. The van der Waals surface area contributed by atoms with Gasteiger partial charge in [-0.1, -0.05) is 68.1 Å². The minimum absolute atomic E-state index is 0.0412. The molecule has 2 aromatic heterocycles. The van der Waals surface area contributed by atoms with Gasteiger partial charge in [0.2, 0.25) is 11.8 Å². The zero-order valence-corrected chi connectivity index (χ0v) is 36.5. The quantitative estimate of drug-likeness (QED) is 0.0837. The molecule has 0 radical (unpaired) electrons. The molecule has 6 N–H and O–H groups in total. The van der Waals surface area contributed by atoms with E-state index in [1.165, 1.54) is 51.0 Å². The summed E-state index contributed by atoms with van der Waals surface area (Å²) in [6.45, 7) is 8.37. The summed E-state index contributed by atoms with van der Waals surface area (Å²) in [5.74, 6) is 1.12. The SMILES string of the molecule is C#CCOc1cc(-n2nc(C(C)(C)C)oc2=O)c(Cl)cc1Cl.COc1nc(C)nc(NC(=O)NS(=O)(=O)c2ccccc2CCC(F)(F)F)n1.CP(=O)(O)CCC(N)C(=O)O. The van der Waals surface area contributed by atoms with E-state index in [1.807, 2.05) is 20.8 Å². The fraction of sp³-hybridized carbons (Fsp3) is 0.400. The Bertz CT molecular complexity index is 2430. The molecule has 2 heterocycles. The fourth-order valence-corrected chi connectivity index (χ4v) is 6.76. The van der Waals surface area contributed by atoms with Crippen molar-refractivity contribution in [2.75, 3.05) is 31.9 Å². The number of aromatic nitrogens is 5. The molecular weight excluding hydrogens is 899 g/mol. The molecule has 4 rings (SSSR count). The number of urea groups is 1. The van der Waals surface area contributed by atoms with Gasteiger partial charge in [0.05, 0.1) is 27.7 Å². The Kier molecular flexibility index (Phi) is 18.7. The van der Waals surface area contributed by atoms with Gasteiger partial charge in [-0.25, -0.2) is 22.7 Å². The molecule has 0 spiro atoms. The number of amides is 2. The topological polar surface area (TPSA) is 281 Å². The van der Waals surface area contributed by atoms with E-state index in [-0.39, 0.29) is 52.6 Å². The number of methoxy groups -OCH3 is 1. The van der Waals surface area contributed by atoms with Crippen molar-refractivity contribution < 1.29 is 59.6 Å². The third-order valence-electron chi connectivity index (χ3n) is 7.20. The first-order chi connectivity index (χ1) is 28.1. The van der Waals surface area contributed by atoms with Crippen molar-refractivity contribution >= 4 is 58.5 Å². The Labute approximate surface area is 357 Å². The Morgan fingerprint density at radius 2 is 1.77 bits per heavy atom. The number of aryl methyl sites for hydroxylation is 2. The third kappa shape index (κ3) is 17.7. The average molecular weight is 942 g/mol. The lowest BCUT2D eigenvalue weighted by Crippen LogP contribution is -2.35. The summed E-state index contributed by atoms with van der Waals surface area (Å²) >= 11 is 12.2. The lowest BCUT2D eigenvalue weighted by Gasteiger charge is -2.13. The van der Waals surface area contributed by atoms with Crippen LogP contribution in [0.5, 0.6) is 11.8 Å². The normalized spacial score (nSPS) is 12.9.